The van der Waals surface area contributed by atoms with Gasteiger partial charge in [-0.1, -0.05) is 30.3 Å². The van der Waals surface area contributed by atoms with Crippen molar-refractivity contribution in [1.82, 2.24) is 9.55 Å². The quantitative estimate of drug-likeness (QED) is 0.730. The van der Waals surface area contributed by atoms with Crippen molar-refractivity contribution in [2.75, 3.05) is 7.11 Å². The van der Waals surface area contributed by atoms with Crippen molar-refractivity contribution < 1.29 is 4.74 Å². The molecule has 4 heteroatoms. The lowest BCUT2D eigenvalue weighted by atomic mass is 10.2. The fraction of sp³-hybridized carbons (Fsp3) is 0.125. The summed E-state index contributed by atoms with van der Waals surface area (Å²) in [7, 11) is 1.61. The maximum atomic E-state index is 9.03. The van der Waals surface area contributed by atoms with Crippen LogP contribution in [0, 0.1) is 11.3 Å². The first kappa shape index (κ1) is 12.2. The SMILES string of the molecule is COc1nc2ccc(C#N)cc2n1Cc1ccccc1. The number of ether oxygens (including phenoxy) is 1. The standard InChI is InChI=1S/C16H13N3O/c1-20-16-18-14-8-7-13(10-17)9-15(14)19(16)11-12-5-3-2-4-6-12/h2-9H,11H2,1H3. The maximum absolute atomic E-state index is 9.03. The van der Waals surface area contributed by atoms with Gasteiger partial charge in [0.15, 0.2) is 0 Å². The molecule has 0 spiro atoms. The summed E-state index contributed by atoms with van der Waals surface area (Å²) in [4.78, 5) is 4.43. The van der Waals surface area contributed by atoms with E-state index in [0.29, 0.717) is 18.1 Å². The Balaban J connectivity index is 2.14. The van der Waals surface area contributed by atoms with E-state index >= 15 is 0 Å². The van der Waals surface area contributed by atoms with Gasteiger partial charge in [0.1, 0.15) is 0 Å². The number of imidazole rings is 1. The normalized spacial score (nSPS) is 10.4. The maximum Gasteiger partial charge on any atom is 0.297 e. The van der Waals surface area contributed by atoms with Gasteiger partial charge in [-0.2, -0.15) is 10.2 Å². The van der Waals surface area contributed by atoms with Gasteiger partial charge >= 0.3 is 0 Å². The Labute approximate surface area is 116 Å². The molecule has 0 fully saturated rings. The van der Waals surface area contributed by atoms with Crippen LogP contribution in [-0.4, -0.2) is 16.7 Å². The minimum atomic E-state index is 0.555. The van der Waals surface area contributed by atoms with Crippen molar-refractivity contribution in [3.8, 4) is 12.1 Å². The van der Waals surface area contributed by atoms with Crippen molar-refractivity contribution >= 4 is 11.0 Å². The highest BCUT2D eigenvalue weighted by Crippen LogP contribution is 2.23. The van der Waals surface area contributed by atoms with E-state index in [1.165, 1.54) is 0 Å². The average molecular weight is 263 g/mol. The van der Waals surface area contributed by atoms with Crippen molar-refractivity contribution in [2.24, 2.45) is 0 Å². The summed E-state index contributed by atoms with van der Waals surface area (Å²) >= 11 is 0. The predicted molar refractivity (Wildman–Crippen MR) is 76.5 cm³/mol. The Hall–Kier alpha value is -2.80. The van der Waals surface area contributed by atoms with Gasteiger partial charge in [0, 0.05) is 0 Å². The Morgan fingerprint density at radius 2 is 2.00 bits per heavy atom. The molecule has 4 nitrogen and oxygen atoms in total. The van der Waals surface area contributed by atoms with Gasteiger partial charge in [-0.3, -0.25) is 4.57 Å². The third kappa shape index (κ3) is 2.10. The average Bonchev–Trinajstić information content (AvgIpc) is 2.85. The smallest absolute Gasteiger partial charge is 0.297 e. The second kappa shape index (κ2) is 5.06. The highest BCUT2D eigenvalue weighted by molar-refractivity contribution is 5.78. The molecular weight excluding hydrogens is 250 g/mol. The molecule has 0 aliphatic carbocycles. The van der Waals surface area contributed by atoms with E-state index < -0.39 is 0 Å². The lowest BCUT2D eigenvalue weighted by molar-refractivity contribution is 0.364. The van der Waals surface area contributed by atoms with Gasteiger partial charge in [-0.25, -0.2) is 0 Å². The molecule has 1 heterocycles. The molecule has 3 rings (SSSR count). The van der Waals surface area contributed by atoms with E-state index in [2.05, 4.69) is 23.2 Å². The Kier molecular flexibility index (Phi) is 3.10. The number of hydrogen-bond donors (Lipinski definition) is 0. The number of hydrogen-bond acceptors (Lipinski definition) is 3. The lowest BCUT2D eigenvalue weighted by Gasteiger charge is -2.07. The van der Waals surface area contributed by atoms with E-state index in [4.69, 9.17) is 10.00 Å². The number of benzene rings is 2. The van der Waals surface area contributed by atoms with Gasteiger partial charge in [-0.05, 0) is 23.8 Å². The highest BCUT2D eigenvalue weighted by Gasteiger charge is 2.12. The van der Waals surface area contributed by atoms with Crippen LogP contribution in [-0.2, 0) is 6.54 Å². The van der Waals surface area contributed by atoms with Crippen LogP contribution in [0.3, 0.4) is 0 Å². The second-order valence-corrected chi connectivity index (χ2v) is 4.49. The first-order valence-corrected chi connectivity index (χ1v) is 6.30. The van der Waals surface area contributed by atoms with E-state index in [1.807, 2.05) is 34.9 Å². The molecule has 0 aliphatic rings. The Morgan fingerprint density at radius 3 is 2.70 bits per heavy atom. The van der Waals surface area contributed by atoms with Crippen LogP contribution in [0.1, 0.15) is 11.1 Å². The molecule has 1 aromatic heterocycles. The van der Waals surface area contributed by atoms with Crippen LogP contribution in [0.2, 0.25) is 0 Å². The van der Waals surface area contributed by atoms with Gasteiger partial charge in [0.2, 0.25) is 0 Å². The van der Waals surface area contributed by atoms with Crippen molar-refractivity contribution in [2.45, 2.75) is 6.54 Å². The van der Waals surface area contributed by atoms with Crippen molar-refractivity contribution in [1.29, 1.82) is 5.26 Å². The molecule has 0 radical (unpaired) electrons. The van der Waals surface area contributed by atoms with Crippen LogP contribution in [0.25, 0.3) is 11.0 Å². The van der Waals surface area contributed by atoms with Crippen LogP contribution in [0.15, 0.2) is 48.5 Å². The molecular formula is C16H13N3O. The predicted octanol–water partition coefficient (Wildman–Crippen LogP) is 2.96. The topological polar surface area (TPSA) is 50.8 Å². The van der Waals surface area contributed by atoms with Gasteiger partial charge in [-0.15, -0.1) is 0 Å². The first-order chi connectivity index (χ1) is 9.81. The number of nitriles is 1. The molecule has 0 saturated heterocycles. The van der Waals surface area contributed by atoms with Crippen molar-refractivity contribution in [3.63, 3.8) is 0 Å². The summed E-state index contributed by atoms with van der Waals surface area (Å²) in [6, 6.07) is 18.3. The molecule has 98 valence electrons. The molecule has 2 aromatic carbocycles. The summed E-state index contributed by atoms with van der Waals surface area (Å²) in [5.41, 5.74) is 3.52. The third-order valence-corrected chi connectivity index (χ3v) is 3.21. The van der Waals surface area contributed by atoms with E-state index in [9.17, 15) is 0 Å². The molecule has 0 aliphatic heterocycles. The Bertz CT molecular complexity index is 785. The van der Waals surface area contributed by atoms with Gasteiger partial charge < -0.3 is 4.74 Å². The number of fused-ring (bicyclic) bond motifs is 1. The summed E-state index contributed by atoms with van der Waals surface area (Å²) in [5, 5.41) is 9.03. The minimum Gasteiger partial charge on any atom is -0.468 e. The molecule has 0 atom stereocenters. The van der Waals surface area contributed by atoms with Crippen LogP contribution in [0.5, 0.6) is 6.01 Å². The summed E-state index contributed by atoms with van der Waals surface area (Å²) in [6.07, 6.45) is 0. The van der Waals surface area contributed by atoms with Gasteiger partial charge in [0.05, 0.1) is 36.3 Å². The molecule has 0 unspecified atom stereocenters. The lowest BCUT2D eigenvalue weighted by Crippen LogP contribution is -2.02. The molecule has 0 N–H and O–H groups in total. The van der Waals surface area contributed by atoms with Crippen LogP contribution in [0.4, 0.5) is 0 Å². The molecule has 3 aromatic rings. The molecule has 20 heavy (non-hydrogen) atoms. The van der Waals surface area contributed by atoms with E-state index in [-0.39, 0.29) is 0 Å². The molecule has 0 bridgehead atoms. The first-order valence-electron chi connectivity index (χ1n) is 6.30. The minimum absolute atomic E-state index is 0.555. The fourth-order valence-corrected chi connectivity index (χ4v) is 2.24. The summed E-state index contributed by atoms with van der Waals surface area (Å²) in [5.74, 6) is 0. The van der Waals surface area contributed by atoms with Crippen LogP contribution < -0.4 is 4.74 Å². The highest BCUT2D eigenvalue weighted by atomic mass is 16.5. The van der Waals surface area contributed by atoms with Crippen molar-refractivity contribution in [3.05, 3.63) is 59.7 Å². The Morgan fingerprint density at radius 1 is 1.20 bits per heavy atom. The van der Waals surface area contributed by atoms with Crippen LogP contribution >= 0.6 is 0 Å². The summed E-state index contributed by atoms with van der Waals surface area (Å²) < 4.78 is 7.32. The monoisotopic (exact) mass is 263 g/mol. The van der Waals surface area contributed by atoms with Gasteiger partial charge in [0.25, 0.3) is 6.01 Å². The van der Waals surface area contributed by atoms with E-state index in [1.54, 1.807) is 13.2 Å². The molecule has 0 saturated carbocycles. The molecule has 0 amide bonds. The third-order valence-electron chi connectivity index (χ3n) is 3.21. The zero-order valence-electron chi connectivity index (χ0n) is 11.1. The second-order valence-electron chi connectivity index (χ2n) is 4.49. The summed E-state index contributed by atoms with van der Waals surface area (Å²) in [6.45, 7) is 0.662. The largest absolute Gasteiger partial charge is 0.468 e. The fourth-order valence-electron chi connectivity index (χ4n) is 2.24. The number of rotatable bonds is 3. The number of methoxy groups -OCH3 is 1. The van der Waals surface area contributed by atoms with E-state index in [0.717, 1.165) is 16.6 Å². The zero-order chi connectivity index (χ0) is 13.9. The number of nitrogens with zero attached hydrogens (tertiary/aromatic N) is 3. The zero-order valence-corrected chi connectivity index (χ0v) is 11.1. The number of aromatic nitrogens is 2.